The number of rotatable bonds is 2. The molecule has 0 radical (unpaired) electrons. The summed E-state index contributed by atoms with van der Waals surface area (Å²) >= 11 is 0. The molecule has 0 aromatic carbocycles. The molecule has 0 heterocycles. The standard InChI is InChI=1S/C5H10O.Li.H/c1-3-4-5(2)6;;/h3-4H2,1-2H3;;. The van der Waals surface area contributed by atoms with Crippen LogP contribution in [0.1, 0.15) is 26.7 Å². The SMILES string of the molecule is CCCC(C)=O.[LiH]. The molecule has 0 saturated heterocycles. The molecule has 0 amide bonds. The molecule has 7 heavy (non-hydrogen) atoms. The van der Waals surface area contributed by atoms with E-state index in [0.717, 1.165) is 12.8 Å². The Morgan fingerprint density at radius 2 is 2.00 bits per heavy atom. The van der Waals surface area contributed by atoms with Gasteiger partial charge in [0.1, 0.15) is 5.78 Å². The monoisotopic (exact) mass is 94.1 g/mol. The molecule has 0 rings (SSSR count). The van der Waals surface area contributed by atoms with E-state index in [1.807, 2.05) is 6.92 Å². The van der Waals surface area contributed by atoms with Gasteiger partial charge in [-0.1, -0.05) is 6.92 Å². The zero-order valence-electron chi connectivity index (χ0n) is 4.32. The molecule has 0 N–H and O–H groups in total. The van der Waals surface area contributed by atoms with Gasteiger partial charge in [-0.25, -0.2) is 0 Å². The Kier molecular flexibility index (Phi) is 9.21. The first-order valence-corrected chi connectivity index (χ1v) is 2.26. The first-order valence-electron chi connectivity index (χ1n) is 2.26. The molecule has 1 nitrogen and oxygen atoms in total. The van der Waals surface area contributed by atoms with Gasteiger partial charge in [0.25, 0.3) is 0 Å². The normalized spacial score (nSPS) is 7.14. The molecule has 38 valence electrons. The van der Waals surface area contributed by atoms with E-state index >= 15 is 0 Å². The van der Waals surface area contributed by atoms with Gasteiger partial charge in [0.15, 0.2) is 0 Å². The molecule has 0 aliphatic rings. The molecule has 0 aromatic heterocycles. The number of carbonyl (C=O) groups excluding carboxylic acids is 1. The molecule has 2 heteroatoms. The van der Waals surface area contributed by atoms with Crippen LogP contribution in [-0.2, 0) is 4.79 Å². The van der Waals surface area contributed by atoms with Crippen molar-refractivity contribution in [3.63, 3.8) is 0 Å². The fourth-order valence-electron chi connectivity index (χ4n) is 0.352. The van der Waals surface area contributed by atoms with Gasteiger partial charge in [-0.3, -0.25) is 0 Å². The molecule has 0 unspecified atom stereocenters. The molecule has 0 saturated carbocycles. The Morgan fingerprint density at radius 1 is 1.57 bits per heavy atom. The van der Waals surface area contributed by atoms with Crippen molar-refractivity contribution in [1.29, 1.82) is 0 Å². The maximum absolute atomic E-state index is 10.0. The number of hydrogen-bond acceptors (Lipinski definition) is 1. The van der Waals surface area contributed by atoms with E-state index in [2.05, 4.69) is 0 Å². The topological polar surface area (TPSA) is 17.1 Å². The van der Waals surface area contributed by atoms with Crippen molar-refractivity contribution in [2.75, 3.05) is 0 Å². The second kappa shape index (κ2) is 6.27. The van der Waals surface area contributed by atoms with E-state index in [1.54, 1.807) is 6.92 Å². The van der Waals surface area contributed by atoms with Gasteiger partial charge in [-0.2, -0.15) is 0 Å². The number of hydrogen-bond donors (Lipinski definition) is 0. The van der Waals surface area contributed by atoms with E-state index < -0.39 is 0 Å². The van der Waals surface area contributed by atoms with Crippen LogP contribution in [-0.4, -0.2) is 24.6 Å². The summed E-state index contributed by atoms with van der Waals surface area (Å²) in [6.07, 6.45) is 1.72. The van der Waals surface area contributed by atoms with E-state index in [0.29, 0.717) is 0 Å². The second-order valence-electron chi connectivity index (χ2n) is 1.45. The number of ketones is 1. The van der Waals surface area contributed by atoms with Crippen LogP contribution >= 0.6 is 0 Å². The third-order valence-corrected chi connectivity index (χ3v) is 0.602. The first-order chi connectivity index (χ1) is 2.77. The van der Waals surface area contributed by atoms with Crippen molar-refractivity contribution >= 4 is 24.6 Å². The van der Waals surface area contributed by atoms with E-state index in [9.17, 15) is 4.79 Å². The third-order valence-electron chi connectivity index (χ3n) is 0.602. The van der Waals surface area contributed by atoms with Crippen molar-refractivity contribution < 1.29 is 4.79 Å². The van der Waals surface area contributed by atoms with E-state index in [4.69, 9.17) is 0 Å². The Bertz CT molecular complexity index is 52.0. The van der Waals surface area contributed by atoms with Crippen LogP contribution in [0.4, 0.5) is 0 Å². The summed E-state index contributed by atoms with van der Waals surface area (Å²) in [5, 5.41) is 0. The van der Waals surface area contributed by atoms with Crippen LogP contribution in [0.2, 0.25) is 0 Å². The molecule has 0 fully saturated rings. The van der Waals surface area contributed by atoms with Gasteiger partial charge in [-0.05, 0) is 13.3 Å². The molecule has 0 aliphatic carbocycles. The van der Waals surface area contributed by atoms with Gasteiger partial charge in [0, 0.05) is 6.42 Å². The van der Waals surface area contributed by atoms with E-state index in [-0.39, 0.29) is 24.6 Å². The first kappa shape index (κ1) is 10.3. The Labute approximate surface area is 56.7 Å². The molecule has 0 bridgehead atoms. The molecular weight excluding hydrogens is 83.0 g/mol. The van der Waals surface area contributed by atoms with Crippen molar-refractivity contribution in [3.05, 3.63) is 0 Å². The third kappa shape index (κ3) is 10.7. The van der Waals surface area contributed by atoms with Crippen LogP contribution in [0.25, 0.3) is 0 Å². The summed E-state index contributed by atoms with van der Waals surface area (Å²) in [6, 6.07) is 0. The minimum atomic E-state index is 0. The Morgan fingerprint density at radius 3 is 2.00 bits per heavy atom. The van der Waals surface area contributed by atoms with Gasteiger partial charge in [0.05, 0.1) is 0 Å². The summed E-state index contributed by atoms with van der Waals surface area (Å²) in [5.74, 6) is 0.289. The molecule has 0 aliphatic heterocycles. The number of Topliss-reactive ketones (excluding diaryl/α,β-unsaturated/α-hetero) is 1. The summed E-state index contributed by atoms with van der Waals surface area (Å²) in [7, 11) is 0. The second-order valence-corrected chi connectivity index (χ2v) is 1.45. The minimum absolute atomic E-state index is 0. The molecule has 0 aromatic rings. The van der Waals surface area contributed by atoms with Crippen molar-refractivity contribution in [3.8, 4) is 0 Å². The van der Waals surface area contributed by atoms with Crippen LogP contribution in [0.5, 0.6) is 0 Å². The summed E-state index contributed by atoms with van der Waals surface area (Å²) < 4.78 is 0. The van der Waals surface area contributed by atoms with Crippen molar-refractivity contribution in [2.45, 2.75) is 26.7 Å². The average molecular weight is 94.1 g/mol. The van der Waals surface area contributed by atoms with Crippen molar-refractivity contribution in [2.24, 2.45) is 0 Å². The molecular formula is C5H11LiO. The van der Waals surface area contributed by atoms with Crippen LogP contribution in [0, 0.1) is 0 Å². The zero-order valence-corrected chi connectivity index (χ0v) is 4.32. The summed E-state index contributed by atoms with van der Waals surface area (Å²) in [6.45, 7) is 3.62. The average Bonchev–Trinajstić information content (AvgIpc) is 1.35. The fourth-order valence-corrected chi connectivity index (χ4v) is 0.352. The van der Waals surface area contributed by atoms with Crippen LogP contribution < -0.4 is 0 Å². The fraction of sp³-hybridized carbons (Fsp3) is 0.800. The predicted molar refractivity (Wildman–Crippen MR) is 32.7 cm³/mol. The van der Waals surface area contributed by atoms with Crippen LogP contribution in [0.3, 0.4) is 0 Å². The number of carbonyl (C=O) groups is 1. The summed E-state index contributed by atoms with van der Waals surface area (Å²) in [5.41, 5.74) is 0. The quantitative estimate of drug-likeness (QED) is 0.461. The predicted octanol–water partition coefficient (Wildman–Crippen LogP) is 0.727. The van der Waals surface area contributed by atoms with Crippen molar-refractivity contribution in [1.82, 2.24) is 0 Å². The van der Waals surface area contributed by atoms with Crippen LogP contribution in [0.15, 0.2) is 0 Å². The van der Waals surface area contributed by atoms with Gasteiger partial charge < -0.3 is 4.79 Å². The van der Waals surface area contributed by atoms with E-state index in [1.165, 1.54) is 0 Å². The van der Waals surface area contributed by atoms with Gasteiger partial charge in [0.2, 0.25) is 0 Å². The zero-order chi connectivity index (χ0) is 4.99. The molecule has 0 spiro atoms. The Hall–Kier alpha value is 0.267. The van der Waals surface area contributed by atoms with Gasteiger partial charge >= 0.3 is 18.9 Å². The summed E-state index contributed by atoms with van der Waals surface area (Å²) in [4.78, 5) is 10.0. The van der Waals surface area contributed by atoms with Gasteiger partial charge in [-0.15, -0.1) is 0 Å². The maximum atomic E-state index is 10.0. The Balaban J connectivity index is 0. The molecule has 0 atom stereocenters.